The molecule has 0 saturated heterocycles. The number of benzene rings is 2. The maximum absolute atomic E-state index is 6.28. The van der Waals surface area contributed by atoms with Gasteiger partial charge in [0.1, 0.15) is 5.75 Å². The molecule has 1 atom stereocenters. The van der Waals surface area contributed by atoms with Gasteiger partial charge >= 0.3 is 0 Å². The Labute approximate surface area is 112 Å². The molecule has 2 N–H and O–H groups in total. The summed E-state index contributed by atoms with van der Waals surface area (Å²) in [6.45, 7) is 1.99. The zero-order valence-electron chi connectivity index (χ0n) is 10.5. The van der Waals surface area contributed by atoms with Gasteiger partial charge in [0.05, 0.1) is 13.2 Å². The lowest BCUT2D eigenvalue weighted by Crippen LogP contribution is -2.13. The molecule has 0 aliphatic heterocycles. The average Bonchev–Trinajstić information content (AvgIpc) is 2.41. The van der Waals surface area contributed by atoms with Crippen LogP contribution in [0.2, 0.25) is 5.02 Å². The Morgan fingerprint density at radius 3 is 2.39 bits per heavy atom. The van der Waals surface area contributed by atoms with Crippen LogP contribution in [0.15, 0.2) is 42.5 Å². The SMILES string of the molecule is COc1ccc(C(N)c2cccc(Cl)c2C)cc1. The predicted molar refractivity (Wildman–Crippen MR) is 75.2 cm³/mol. The number of nitrogens with two attached hydrogens (primary N) is 1. The number of ether oxygens (including phenoxy) is 1. The zero-order chi connectivity index (χ0) is 13.1. The highest BCUT2D eigenvalue weighted by Crippen LogP contribution is 2.27. The number of hydrogen-bond acceptors (Lipinski definition) is 2. The highest BCUT2D eigenvalue weighted by molar-refractivity contribution is 6.31. The summed E-state index contributed by atoms with van der Waals surface area (Å²) in [6, 6.07) is 13.4. The molecule has 0 aromatic heterocycles. The van der Waals surface area contributed by atoms with E-state index in [1.165, 1.54) is 0 Å². The predicted octanol–water partition coefficient (Wildman–Crippen LogP) is 3.71. The molecule has 94 valence electrons. The molecule has 0 amide bonds. The summed E-state index contributed by atoms with van der Waals surface area (Å²) in [5.74, 6) is 0.828. The molecule has 0 heterocycles. The molecule has 0 radical (unpaired) electrons. The molecule has 1 unspecified atom stereocenters. The van der Waals surface area contributed by atoms with Gasteiger partial charge in [-0.05, 0) is 41.8 Å². The van der Waals surface area contributed by atoms with Crippen molar-refractivity contribution in [2.45, 2.75) is 13.0 Å². The molecular weight excluding hydrogens is 246 g/mol. The summed E-state index contributed by atoms with van der Waals surface area (Å²) >= 11 is 6.12. The van der Waals surface area contributed by atoms with Crippen LogP contribution in [-0.4, -0.2) is 7.11 Å². The van der Waals surface area contributed by atoms with Crippen LogP contribution in [0.1, 0.15) is 22.7 Å². The summed E-state index contributed by atoms with van der Waals surface area (Å²) in [5, 5.41) is 0.747. The van der Waals surface area contributed by atoms with Gasteiger partial charge in [-0.3, -0.25) is 0 Å². The molecule has 0 spiro atoms. The number of methoxy groups -OCH3 is 1. The second kappa shape index (κ2) is 5.42. The van der Waals surface area contributed by atoms with Gasteiger partial charge in [0.15, 0.2) is 0 Å². The van der Waals surface area contributed by atoms with E-state index in [2.05, 4.69) is 0 Å². The first-order chi connectivity index (χ1) is 8.63. The molecule has 0 aliphatic rings. The summed E-state index contributed by atoms with van der Waals surface area (Å²) < 4.78 is 5.14. The smallest absolute Gasteiger partial charge is 0.118 e. The lowest BCUT2D eigenvalue weighted by atomic mass is 9.96. The lowest BCUT2D eigenvalue weighted by Gasteiger charge is -2.16. The van der Waals surface area contributed by atoms with E-state index in [9.17, 15) is 0 Å². The Balaban J connectivity index is 2.35. The van der Waals surface area contributed by atoms with E-state index >= 15 is 0 Å². The van der Waals surface area contributed by atoms with E-state index in [-0.39, 0.29) is 6.04 Å². The van der Waals surface area contributed by atoms with Gasteiger partial charge in [0, 0.05) is 5.02 Å². The Morgan fingerprint density at radius 1 is 1.11 bits per heavy atom. The normalized spacial score (nSPS) is 12.2. The van der Waals surface area contributed by atoms with E-state index in [0.29, 0.717) is 0 Å². The first-order valence-electron chi connectivity index (χ1n) is 5.78. The molecule has 2 aromatic rings. The molecule has 0 bridgehead atoms. The van der Waals surface area contributed by atoms with Crippen LogP contribution in [0.4, 0.5) is 0 Å². The molecule has 18 heavy (non-hydrogen) atoms. The molecule has 0 fully saturated rings. The minimum Gasteiger partial charge on any atom is -0.497 e. The molecule has 0 aliphatic carbocycles. The van der Waals surface area contributed by atoms with Crippen molar-refractivity contribution in [3.05, 3.63) is 64.2 Å². The van der Waals surface area contributed by atoms with Crippen molar-refractivity contribution in [3.63, 3.8) is 0 Å². The second-order valence-corrected chi connectivity index (χ2v) is 4.61. The number of rotatable bonds is 3. The third-order valence-electron chi connectivity index (χ3n) is 3.12. The summed E-state index contributed by atoms with van der Waals surface area (Å²) in [6.07, 6.45) is 0. The minimum absolute atomic E-state index is 0.172. The Kier molecular flexibility index (Phi) is 3.90. The monoisotopic (exact) mass is 261 g/mol. The highest BCUT2D eigenvalue weighted by atomic mass is 35.5. The fourth-order valence-electron chi connectivity index (χ4n) is 1.95. The van der Waals surface area contributed by atoms with Gasteiger partial charge in [0.25, 0.3) is 0 Å². The molecular formula is C15H16ClNO. The van der Waals surface area contributed by atoms with Gasteiger partial charge in [-0.15, -0.1) is 0 Å². The van der Waals surface area contributed by atoms with E-state index in [1.807, 2.05) is 49.4 Å². The van der Waals surface area contributed by atoms with Crippen LogP contribution in [0.5, 0.6) is 5.75 Å². The van der Waals surface area contributed by atoms with E-state index in [4.69, 9.17) is 22.1 Å². The van der Waals surface area contributed by atoms with Crippen LogP contribution in [0.3, 0.4) is 0 Å². The van der Waals surface area contributed by atoms with Crippen molar-refractivity contribution in [1.82, 2.24) is 0 Å². The van der Waals surface area contributed by atoms with Gasteiger partial charge in [-0.1, -0.05) is 35.9 Å². The fraction of sp³-hybridized carbons (Fsp3) is 0.200. The quantitative estimate of drug-likeness (QED) is 0.914. The van der Waals surface area contributed by atoms with E-state index < -0.39 is 0 Å². The minimum atomic E-state index is -0.172. The standard InChI is InChI=1S/C15H16ClNO/c1-10-13(4-3-5-14(10)16)15(17)11-6-8-12(18-2)9-7-11/h3-9,15H,17H2,1-2H3. The molecule has 2 rings (SSSR count). The van der Waals surface area contributed by atoms with Gasteiger partial charge < -0.3 is 10.5 Å². The Morgan fingerprint density at radius 2 is 1.78 bits per heavy atom. The Hall–Kier alpha value is -1.51. The topological polar surface area (TPSA) is 35.2 Å². The summed E-state index contributed by atoms with van der Waals surface area (Å²) in [7, 11) is 1.65. The van der Waals surface area contributed by atoms with Crippen LogP contribution in [-0.2, 0) is 0 Å². The largest absolute Gasteiger partial charge is 0.497 e. The Bertz CT molecular complexity index is 537. The van der Waals surface area contributed by atoms with Gasteiger partial charge in [0.2, 0.25) is 0 Å². The van der Waals surface area contributed by atoms with Crippen LogP contribution in [0, 0.1) is 6.92 Å². The van der Waals surface area contributed by atoms with Crippen molar-refractivity contribution in [1.29, 1.82) is 0 Å². The molecule has 2 nitrogen and oxygen atoms in total. The summed E-state index contributed by atoms with van der Waals surface area (Å²) in [5.41, 5.74) is 9.40. The first kappa shape index (κ1) is 12.9. The number of halogens is 1. The third kappa shape index (κ3) is 2.50. The number of hydrogen-bond donors (Lipinski definition) is 1. The van der Waals surface area contributed by atoms with Crippen molar-refractivity contribution in [3.8, 4) is 5.75 Å². The molecule has 2 aromatic carbocycles. The fourth-order valence-corrected chi connectivity index (χ4v) is 2.13. The van der Waals surface area contributed by atoms with Gasteiger partial charge in [-0.25, -0.2) is 0 Å². The summed E-state index contributed by atoms with van der Waals surface area (Å²) in [4.78, 5) is 0. The van der Waals surface area contributed by atoms with E-state index in [0.717, 1.165) is 27.5 Å². The lowest BCUT2D eigenvalue weighted by molar-refractivity contribution is 0.414. The second-order valence-electron chi connectivity index (χ2n) is 4.20. The highest BCUT2D eigenvalue weighted by Gasteiger charge is 2.12. The molecule has 3 heteroatoms. The van der Waals surface area contributed by atoms with Crippen molar-refractivity contribution in [2.75, 3.05) is 7.11 Å². The van der Waals surface area contributed by atoms with E-state index in [1.54, 1.807) is 7.11 Å². The third-order valence-corrected chi connectivity index (χ3v) is 3.53. The molecule has 0 saturated carbocycles. The zero-order valence-corrected chi connectivity index (χ0v) is 11.2. The van der Waals surface area contributed by atoms with Crippen LogP contribution in [0.25, 0.3) is 0 Å². The van der Waals surface area contributed by atoms with Crippen molar-refractivity contribution < 1.29 is 4.74 Å². The van der Waals surface area contributed by atoms with Crippen molar-refractivity contribution in [2.24, 2.45) is 5.73 Å². The van der Waals surface area contributed by atoms with Crippen molar-refractivity contribution >= 4 is 11.6 Å². The first-order valence-corrected chi connectivity index (χ1v) is 6.16. The van der Waals surface area contributed by atoms with Crippen LogP contribution < -0.4 is 10.5 Å². The maximum atomic E-state index is 6.28. The maximum Gasteiger partial charge on any atom is 0.118 e. The van der Waals surface area contributed by atoms with Gasteiger partial charge in [-0.2, -0.15) is 0 Å². The average molecular weight is 262 g/mol. The van der Waals surface area contributed by atoms with Crippen LogP contribution >= 0.6 is 11.6 Å².